The highest BCUT2D eigenvalue weighted by Crippen LogP contribution is 2.19. The van der Waals surface area contributed by atoms with E-state index in [1.165, 1.54) is 4.79 Å². The molecule has 8 heteroatoms. The standard InChI is InChI=1S/C18H21N7O/c1-13-11-17(24-25(13)20)22-16-12-18(26-10-9-19)23-15(21-16)8-7-14-5-3-2-4-6-14/h2-8,11-12H,9-10,19-20H2,1H3,(H,21,22,23,24)/b8-7+. The molecule has 0 unspecified atom stereocenters. The van der Waals surface area contributed by atoms with E-state index in [1.54, 1.807) is 6.07 Å². The number of nitrogens with one attached hydrogen (secondary N) is 1. The highest BCUT2D eigenvalue weighted by Gasteiger charge is 2.07. The molecule has 26 heavy (non-hydrogen) atoms. The van der Waals surface area contributed by atoms with Gasteiger partial charge in [-0.15, -0.1) is 5.10 Å². The van der Waals surface area contributed by atoms with Crippen LogP contribution >= 0.6 is 0 Å². The van der Waals surface area contributed by atoms with Crippen molar-refractivity contribution in [2.24, 2.45) is 5.73 Å². The Morgan fingerprint density at radius 2 is 1.92 bits per heavy atom. The van der Waals surface area contributed by atoms with Crippen molar-refractivity contribution in [2.75, 3.05) is 24.3 Å². The van der Waals surface area contributed by atoms with Crippen molar-refractivity contribution in [1.29, 1.82) is 0 Å². The lowest BCUT2D eigenvalue weighted by molar-refractivity contribution is 0.315. The first-order valence-electron chi connectivity index (χ1n) is 8.18. The van der Waals surface area contributed by atoms with E-state index < -0.39 is 0 Å². The van der Waals surface area contributed by atoms with E-state index in [9.17, 15) is 0 Å². The third kappa shape index (κ3) is 4.58. The van der Waals surface area contributed by atoms with Gasteiger partial charge in [0.1, 0.15) is 12.4 Å². The van der Waals surface area contributed by atoms with Crippen LogP contribution in [0.3, 0.4) is 0 Å². The summed E-state index contributed by atoms with van der Waals surface area (Å²) >= 11 is 0. The first kappa shape index (κ1) is 17.4. The van der Waals surface area contributed by atoms with Gasteiger partial charge in [-0.25, -0.2) is 4.98 Å². The van der Waals surface area contributed by atoms with Gasteiger partial charge in [-0.2, -0.15) is 9.77 Å². The second-order valence-electron chi connectivity index (χ2n) is 5.57. The highest BCUT2D eigenvalue weighted by molar-refractivity contribution is 5.67. The van der Waals surface area contributed by atoms with Crippen molar-refractivity contribution in [3.05, 3.63) is 59.5 Å². The van der Waals surface area contributed by atoms with Crippen LogP contribution in [0.15, 0.2) is 42.5 Å². The van der Waals surface area contributed by atoms with Gasteiger partial charge in [0.2, 0.25) is 5.88 Å². The Hall–Kier alpha value is -3.39. The zero-order valence-electron chi connectivity index (χ0n) is 14.5. The Morgan fingerprint density at radius 1 is 1.12 bits per heavy atom. The number of anilines is 2. The second-order valence-corrected chi connectivity index (χ2v) is 5.57. The van der Waals surface area contributed by atoms with Crippen molar-refractivity contribution in [1.82, 2.24) is 19.9 Å². The lowest BCUT2D eigenvalue weighted by atomic mass is 10.2. The number of nitrogens with two attached hydrogens (primary N) is 2. The topological polar surface area (TPSA) is 117 Å². The van der Waals surface area contributed by atoms with Crippen molar-refractivity contribution >= 4 is 23.8 Å². The minimum atomic E-state index is 0.370. The minimum absolute atomic E-state index is 0.370. The smallest absolute Gasteiger partial charge is 0.219 e. The van der Waals surface area contributed by atoms with E-state index in [1.807, 2.05) is 55.5 Å². The molecule has 0 atom stereocenters. The maximum absolute atomic E-state index is 5.71. The zero-order chi connectivity index (χ0) is 18.4. The number of hydrogen-bond donors (Lipinski definition) is 3. The first-order valence-corrected chi connectivity index (χ1v) is 8.18. The Bertz CT molecular complexity index is 870. The van der Waals surface area contributed by atoms with Crippen molar-refractivity contribution < 1.29 is 4.74 Å². The zero-order valence-corrected chi connectivity index (χ0v) is 14.5. The number of benzene rings is 1. The van der Waals surface area contributed by atoms with Crippen LogP contribution in [0.25, 0.3) is 12.2 Å². The van der Waals surface area contributed by atoms with Crippen LogP contribution in [-0.4, -0.2) is 33.0 Å². The van der Waals surface area contributed by atoms with Crippen LogP contribution in [0.5, 0.6) is 5.88 Å². The van der Waals surface area contributed by atoms with Crippen molar-refractivity contribution in [3.8, 4) is 5.88 Å². The third-order valence-corrected chi connectivity index (χ3v) is 3.49. The minimum Gasteiger partial charge on any atom is -0.476 e. The summed E-state index contributed by atoms with van der Waals surface area (Å²) in [5, 5.41) is 7.28. The summed E-state index contributed by atoms with van der Waals surface area (Å²) < 4.78 is 5.55. The van der Waals surface area contributed by atoms with Crippen LogP contribution in [0.2, 0.25) is 0 Å². The number of hydrogen-bond acceptors (Lipinski definition) is 7. The molecule has 0 bridgehead atoms. The molecular weight excluding hydrogens is 330 g/mol. The normalized spacial score (nSPS) is 11.0. The maximum atomic E-state index is 5.71. The van der Waals surface area contributed by atoms with Gasteiger partial charge in [0, 0.05) is 18.7 Å². The Balaban J connectivity index is 1.86. The van der Waals surface area contributed by atoms with Crippen LogP contribution < -0.4 is 21.6 Å². The second kappa shape index (κ2) is 8.13. The van der Waals surface area contributed by atoms with Crippen LogP contribution in [0.1, 0.15) is 17.1 Å². The average molecular weight is 351 g/mol. The molecule has 0 amide bonds. The molecule has 0 aliphatic carbocycles. The Morgan fingerprint density at radius 3 is 2.62 bits per heavy atom. The van der Waals surface area contributed by atoms with Gasteiger partial charge >= 0.3 is 0 Å². The summed E-state index contributed by atoms with van der Waals surface area (Å²) in [6.07, 6.45) is 3.76. The molecule has 2 aromatic heterocycles. The van der Waals surface area contributed by atoms with Gasteiger partial charge in [0.25, 0.3) is 0 Å². The van der Waals surface area contributed by atoms with E-state index in [-0.39, 0.29) is 0 Å². The number of nitrogens with zero attached hydrogens (tertiary/aromatic N) is 4. The van der Waals surface area contributed by atoms with Crippen molar-refractivity contribution in [3.63, 3.8) is 0 Å². The van der Waals surface area contributed by atoms with Gasteiger partial charge in [-0.05, 0) is 18.6 Å². The summed E-state index contributed by atoms with van der Waals surface area (Å²) in [5.41, 5.74) is 7.38. The van der Waals surface area contributed by atoms with Gasteiger partial charge in [-0.3, -0.25) is 0 Å². The number of aryl methyl sites for hydroxylation is 1. The SMILES string of the molecule is Cc1cc(Nc2cc(OCCN)nc(/C=C/c3ccccc3)n2)nn1N. The fraction of sp³-hybridized carbons (Fsp3) is 0.167. The van der Waals surface area contributed by atoms with E-state index >= 15 is 0 Å². The van der Waals surface area contributed by atoms with Crippen LogP contribution in [0.4, 0.5) is 11.6 Å². The van der Waals surface area contributed by atoms with E-state index in [2.05, 4.69) is 20.4 Å². The Kier molecular flexibility index (Phi) is 5.45. The lowest BCUT2D eigenvalue weighted by Gasteiger charge is -2.08. The van der Waals surface area contributed by atoms with Gasteiger partial charge in [0.15, 0.2) is 11.6 Å². The summed E-state index contributed by atoms with van der Waals surface area (Å²) in [6, 6.07) is 13.4. The quantitative estimate of drug-likeness (QED) is 0.557. The lowest BCUT2D eigenvalue weighted by Crippen LogP contribution is -2.12. The summed E-state index contributed by atoms with van der Waals surface area (Å²) in [4.78, 5) is 10.2. The molecule has 0 fully saturated rings. The molecule has 5 N–H and O–H groups in total. The predicted molar refractivity (Wildman–Crippen MR) is 102 cm³/mol. The van der Waals surface area contributed by atoms with Crippen LogP contribution in [0, 0.1) is 6.92 Å². The van der Waals surface area contributed by atoms with Crippen LogP contribution in [-0.2, 0) is 0 Å². The largest absolute Gasteiger partial charge is 0.476 e. The molecule has 0 radical (unpaired) electrons. The molecule has 1 aromatic carbocycles. The molecule has 0 saturated carbocycles. The summed E-state index contributed by atoms with van der Waals surface area (Å²) in [6.45, 7) is 2.63. The van der Waals surface area contributed by atoms with Gasteiger partial charge < -0.3 is 21.6 Å². The summed E-state index contributed by atoms with van der Waals surface area (Å²) in [7, 11) is 0. The molecule has 8 nitrogen and oxygen atoms in total. The molecule has 2 heterocycles. The first-order chi connectivity index (χ1) is 12.6. The molecule has 3 rings (SSSR count). The molecule has 0 saturated heterocycles. The van der Waals surface area contributed by atoms with E-state index in [0.29, 0.717) is 36.5 Å². The molecular formula is C18H21N7O. The molecule has 0 spiro atoms. The van der Waals surface area contributed by atoms with Gasteiger partial charge in [0.05, 0.1) is 5.69 Å². The fourth-order valence-electron chi connectivity index (χ4n) is 2.23. The maximum Gasteiger partial charge on any atom is 0.219 e. The number of rotatable bonds is 7. The highest BCUT2D eigenvalue weighted by atomic mass is 16.5. The molecule has 0 aliphatic rings. The monoisotopic (exact) mass is 351 g/mol. The number of ether oxygens (including phenoxy) is 1. The Labute approximate surface area is 151 Å². The molecule has 134 valence electrons. The molecule has 0 aliphatic heterocycles. The summed E-state index contributed by atoms with van der Waals surface area (Å²) in [5.74, 6) is 7.80. The third-order valence-electron chi connectivity index (χ3n) is 3.49. The van der Waals surface area contributed by atoms with Crippen molar-refractivity contribution in [2.45, 2.75) is 6.92 Å². The molecule has 3 aromatic rings. The number of aromatic nitrogens is 4. The average Bonchev–Trinajstić information content (AvgIpc) is 2.96. The van der Waals surface area contributed by atoms with E-state index in [4.69, 9.17) is 16.3 Å². The van der Waals surface area contributed by atoms with E-state index in [0.717, 1.165) is 11.3 Å². The van der Waals surface area contributed by atoms with Gasteiger partial charge in [-0.1, -0.05) is 36.4 Å². The number of nitrogen functional groups attached to an aromatic ring is 1. The fourth-order valence-corrected chi connectivity index (χ4v) is 2.23. The predicted octanol–water partition coefficient (Wildman–Crippen LogP) is 1.95.